The Bertz CT molecular complexity index is 466. The number of nitrogen functional groups attached to an aromatic ring is 1. The quantitative estimate of drug-likeness (QED) is 0.838. The van der Waals surface area contributed by atoms with Crippen LogP contribution in [0.3, 0.4) is 0 Å². The number of rotatable bonds is 6. The van der Waals surface area contributed by atoms with Crippen LogP contribution in [0, 0.1) is 5.92 Å². The van der Waals surface area contributed by atoms with E-state index in [-0.39, 0.29) is 5.41 Å². The normalized spacial score (nSPS) is 13.3. The Hall–Kier alpha value is -1.52. The molecule has 0 amide bonds. The Morgan fingerprint density at radius 2 is 1.81 bits per heavy atom. The van der Waals surface area contributed by atoms with Gasteiger partial charge >= 0.3 is 0 Å². The van der Waals surface area contributed by atoms with Crippen LogP contribution >= 0.6 is 0 Å². The van der Waals surface area contributed by atoms with Gasteiger partial charge in [-0.15, -0.1) is 0 Å². The molecule has 1 atom stereocenters. The number of hydrogen-bond donors (Lipinski definition) is 2. The molecule has 5 heteroatoms. The van der Waals surface area contributed by atoms with E-state index in [1.165, 1.54) is 0 Å². The number of nitrogens with zero attached hydrogens (tertiary/aromatic N) is 2. The number of ether oxygens (including phenoxy) is 1. The maximum atomic E-state index is 6.17. The van der Waals surface area contributed by atoms with Crippen LogP contribution in [0.4, 0.5) is 11.5 Å². The molecule has 0 aromatic carbocycles. The summed E-state index contributed by atoms with van der Waals surface area (Å²) in [7, 11) is 0. The minimum absolute atomic E-state index is 0.157. The standard InChI is InChI=1S/C16H30N4O/c1-8-11(4)18-13-12(17)14(21-9-10(2)3)20-15(19-13)16(5,6)7/h10-11H,8-9,17H2,1-7H3,(H,18,19,20). The molecule has 5 nitrogen and oxygen atoms in total. The number of anilines is 2. The smallest absolute Gasteiger partial charge is 0.242 e. The fraction of sp³-hybridized carbons (Fsp3) is 0.750. The summed E-state index contributed by atoms with van der Waals surface area (Å²) < 4.78 is 5.77. The second-order valence-electron chi connectivity index (χ2n) is 7.02. The summed E-state index contributed by atoms with van der Waals surface area (Å²) in [5, 5.41) is 3.34. The van der Waals surface area contributed by atoms with Crippen molar-refractivity contribution in [3.8, 4) is 5.88 Å². The second kappa shape index (κ2) is 6.96. The summed E-state index contributed by atoms with van der Waals surface area (Å²) in [4.78, 5) is 9.10. The average molecular weight is 294 g/mol. The van der Waals surface area contributed by atoms with E-state index in [2.05, 4.69) is 63.8 Å². The van der Waals surface area contributed by atoms with E-state index in [0.717, 1.165) is 12.2 Å². The van der Waals surface area contributed by atoms with Crippen molar-refractivity contribution in [2.45, 2.75) is 66.3 Å². The third-order valence-electron chi connectivity index (χ3n) is 3.13. The first-order valence-electron chi connectivity index (χ1n) is 7.72. The second-order valence-corrected chi connectivity index (χ2v) is 7.02. The summed E-state index contributed by atoms with van der Waals surface area (Å²) in [6.07, 6.45) is 0.997. The zero-order valence-corrected chi connectivity index (χ0v) is 14.4. The molecular weight excluding hydrogens is 264 g/mol. The van der Waals surface area contributed by atoms with Crippen LogP contribution in [-0.2, 0) is 5.41 Å². The Morgan fingerprint density at radius 3 is 2.29 bits per heavy atom. The van der Waals surface area contributed by atoms with Crippen molar-refractivity contribution in [2.24, 2.45) is 5.92 Å². The van der Waals surface area contributed by atoms with E-state index in [9.17, 15) is 0 Å². The minimum Gasteiger partial charge on any atom is -0.476 e. The summed E-state index contributed by atoms with van der Waals surface area (Å²) in [5.41, 5.74) is 6.50. The van der Waals surface area contributed by atoms with Crippen molar-refractivity contribution >= 4 is 11.5 Å². The van der Waals surface area contributed by atoms with Crippen molar-refractivity contribution in [1.29, 1.82) is 0 Å². The highest BCUT2D eigenvalue weighted by Crippen LogP contribution is 2.31. The monoisotopic (exact) mass is 294 g/mol. The highest BCUT2D eigenvalue weighted by molar-refractivity contribution is 5.67. The zero-order valence-electron chi connectivity index (χ0n) is 14.4. The molecule has 0 saturated heterocycles. The summed E-state index contributed by atoms with van der Waals surface area (Å²) >= 11 is 0. The Labute approximate surface area is 128 Å². The number of nitrogens with one attached hydrogen (secondary N) is 1. The summed E-state index contributed by atoms with van der Waals surface area (Å²) in [6, 6.07) is 0.299. The molecule has 1 rings (SSSR count). The molecule has 3 N–H and O–H groups in total. The Morgan fingerprint density at radius 1 is 1.19 bits per heavy atom. The van der Waals surface area contributed by atoms with Crippen LogP contribution in [0.25, 0.3) is 0 Å². The molecule has 0 saturated carbocycles. The Kier molecular flexibility index (Phi) is 5.81. The van der Waals surface area contributed by atoms with Gasteiger partial charge in [-0.2, -0.15) is 4.98 Å². The first kappa shape index (κ1) is 17.5. The fourth-order valence-electron chi connectivity index (χ4n) is 1.59. The van der Waals surface area contributed by atoms with Crippen molar-refractivity contribution in [1.82, 2.24) is 9.97 Å². The van der Waals surface area contributed by atoms with Gasteiger partial charge in [0, 0.05) is 11.5 Å². The molecule has 0 spiro atoms. The molecule has 1 aromatic heterocycles. The van der Waals surface area contributed by atoms with E-state index < -0.39 is 0 Å². The van der Waals surface area contributed by atoms with E-state index in [1.807, 2.05) is 0 Å². The van der Waals surface area contributed by atoms with Gasteiger partial charge in [-0.1, -0.05) is 41.5 Å². The van der Waals surface area contributed by atoms with Gasteiger partial charge in [0.15, 0.2) is 5.82 Å². The van der Waals surface area contributed by atoms with Crippen molar-refractivity contribution in [2.75, 3.05) is 17.7 Å². The SMILES string of the molecule is CCC(C)Nc1nc(C(C)(C)C)nc(OCC(C)C)c1N. The first-order chi connectivity index (χ1) is 9.65. The van der Waals surface area contributed by atoms with Crippen molar-refractivity contribution < 1.29 is 4.74 Å². The number of aromatic nitrogens is 2. The lowest BCUT2D eigenvalue weighted by Crippen LogP contribution is -2.22. The van der Waals surface area contributed by atoms with Crippen molar-refractivity contribution in [3.63, 3.8) is 0 Å². The minimum atomic E-state index is -0.157. The van der Waals surface area contributed by atoms with Gasteiger partial charge in [0.05, 0.1) is 6.61 Å². The van der Waals surface area contributed by atoms with Gasteiger partial charge in [-0.3, -0.25) is 0 Å². The molecule has 1 unspecified atom stereocenters. The van der Waals surface area contributed by atoms with E-state index in [0.29, 0.717) is 36.0 Å². The summed E-state index contributed by atoms with van der Waals surface area (Å²) in [5.74, 6) is 2.31. The predicted octanol–water partition coefficient (Wildman–Crippen LogP) is 3.60. The first-order valence-corrected chi connectivity index (χ1v) is 7.72. The molecule has 0 aliphatic carbocycles. The van der Waals surface area contributed by atoms with E-state index in [4.69, 9.17) is 10.5 Å². The molecule has 1 aromatic rings. The lowest BCUT2D eigenvalue weighted by molar-refractivity contribution is 0.260. The fourth-order valence-corrected chi connectivity index (χ4v) is 1.59. The van der Waals surface area contributed by atoms with Crippen LogP contribution in [0.5, 0.6) is 5.88 Å². The van der Waals surface area contributed by atoms with E-state index in [1.54, 1.807) is 0 Å². The Balaban J connectivity index is 3.19. The topological polar surface area (TPSA) is 73.1 Å². The largest absolute Gasteiger partial charge is 0.476 e. The van der Waals surface area contributed by atoms with Crippen LogP contribution < -0.4 is 15.8 Å². The molecular formula is C16H30N4O. The van der Waals surface area contributed by atoms with Gasteiger partial charge in [-0.05, 0) is 19.3 Å². The molecule has 0 fully saturated rings. The molecule has 0 aliphatic rings. The molecule has 0 aliphatic heterocycles. The number of nitrogens with two attached hydrogens (primary N) is 1. The van der Waals surface area contributed by atoms with Gasteiger partial charge < -0.3 is 15.8 Å². The maximum absolute atomic E-state index is 6.17. The van der Waals surface area contributed by atoms with Crippen LogP contribution in [0.15, 0.2) is 0 Å². The molecule has 120 valence electrons. The third kappa shape index (κ3) is 5.06. The third-order valence-corrected chi connectivity index (χ3v) is 3.13. The van der Waals surface area contributed by atoms with Gasteiger partial charge in [-0.25, -0.2) is 4.98 Å². The van der Waals surface area contributed by atoms with Crippen molar-refractivity contribution in [3.05, 3.63) is 5.82 Å². The van der Waals surface area contributed by atoms with Crippen LogP contribution in [-0.4, -0.2) is 22.6 Å². The lowest BCUT2D eigenvalue weighted by Gasteiger charge is -2.22. The molecule has 0 bridgehead atoms. The van der Waals surface area contributed by atoms with Gasteiger partial charge in [0.2, 0.25) is 5.88 Å². The van der Waals surface area contributed by atoms with Gasteiger partial charge in [0.1, 0.15) is 11.5 Å². The highest BCUT2D eigenvalue weighted by Gasteiger charge is 2.23. The van der Waals surface area contributed by atoms with Gasteiger partial charge in [0.25, 0.3) is 0 Å². The lowest BCUT2D eigenvalue weighted by atomic mass is 9.95. The number of hydrogen-bond acceptors (Lipinski definition) is 5. The molecule has 21 heavy (non-hydrogen) atoms. The average Bonchev–Trinajstić information content (AvgIpc) is 2.37. The predicted molar refractivity (Wildman–Crippen MR) is 88.9 cm³/mol. The maximum Gasteiger partial charge on any atom is 0.242 e. The molecule has 0 radical (unpaired) electrons. The summed E-state index contributed by atoms with van der Waals surface area (Å²) in [6.45, 7) is 15.3. The highest BCUT2D eigenvalue weighted by atomic mass is 16.5. The molecule has 1 heterocycles. The van der Waals surface area contributed by atoms with Crippen LogP contribution in [0.1, 0.15) is 60.7 Å². The van der Waals surface area contributed by atoms with Crippen LogP contribution in [0.2, 0.25) is 0 Å². The van der Waals surface area contributed by atoms with E-state index >= 15 is 0 Å². The zero-order chi connectivity index (χ0) is 16.2.